The van der Waals surface area contributed by atoms with Crippen molar-refractivity contribution in [2.75, 3.05) is 13.2 Å². The lowest BCUT2D eigenvalue weighted by Gasteiger charge is -2.54. The molecule has 0 aromatic rings. The van der Waals surface area contributed by atoms with Crippen molar-refractivity contribution in [2.24, 2.45) is 10.8 Å². The number of carbonyl (C=O) groups excluding carboxylic acids is 2. The van der Waals surface area contributed by atoms with E-state index in [1.54, 1.807) is 41.5 Å². The molecule has 25 heavy (non-hydrogen) atoms. The largest absolute Gasteiger partial charge is 0.466 e. The number of carbonyl (C=O) groups is 2. The van der Waals surface area contributed by atoms with Gasteiger partial charge < -0.3 is 19.3 Å². The molecular formula is C17H33O7P. The SMILES string of the molecule is CCOC(=O)CC(C)(C)C(CC)(CC)C(C)(C(=O)OCC)P(=O)(O)O. The third kappa shape index (κ3) is 4.26. The van der Waals surface area contributed by atoms with E-state index in [2.05, 4.69) is 0 Å². The second kappa shape index (κ2) is 8.65. The summed E-state index contributed by atoms with van der Waals surface area (Å²) in [5.41, 5.74) is -2.08. The molecule has 0 rings (SSSR count). The topological polar surface area (TPSA) is 110 Å². The van der Waals surface area contributed by atoms with Crippen LogP contribution < -0.4 is 0 Å². The van der Waals surface area contributed by atoms with Gasteiger partial charge in [-0.2, -0.15) is 0 Å². The highest BCUT2D eigenvalue weighted by Crippen LogP contribution is 2.68. The third-order valence-corrected chi connectivity index (χ3v) is 7.36. The number of rotatable bonds is 10. The highest BCUT2D eigenvalue weighted by atomic mass is 31.2. The minimum Gasteiger partial charge on any atom is -0.466 e. The van der Waals surface area contributed by atoms with Crippen LogP contribution in [0.2, 0.25) is 0 Å². The molecule has 1 atom stereocenters. The summed E-state index contributed by atoms with van der Waals surface area (Å²) < 4.78 is 22.5. The van der Waals surface area contributed by atoms with Crippen molar-refractivity contribution >= 4 is 19.5 Å². The van der Waals surface area contributed by atoms with Crippen LogP contribution in [0.15, 0.2) is 0 Å². The molecule has 148 valence electrons. The molecule has 0 aromatic heterocycles. The van der Waals surface area contributed by atoms with E-state index in [1.165, 1.54) is 6.92 Å². The summed E-state index contributed by atoms with van der Waals surface area (Å²) in [5, 5.41) is -2.07. The maximum absolute atomic E-state index is 12.7. The van der Waals surface area contributed by atoms with Crippen molar-refractivity contribution < 1.29 is 33.4 Å². The van der Waals surface area contributed by atoms with E-state index >= 15 is 0 Å². The van der Waals surface area contributed by atoms with Crippen LogP contribution in [0.5, 0.6) is 0 Å². The Kier molecular flexibility index (Phi) is 8.34. The molecule has 0 aromatic carbocycles. The van der Waals surface area contributed by atoms with Crippen LogP contribution in [0, 0.1) is 10.8 Å². The Bertz CT molecular complexity index is 519. The van der Waals surface area contributed by atoms with Crippen molar-refractivity contribution in [3.63, 3.8) is 0 Å². The van der Waals surface area contributed by atoms with Crippen LogP contribution in [0.25, 0.3) is 0 Å². The van der Waals surface area contributed by atoms with E-state index in [0.29, 0.717) is 0 Å². The van der Waals surface area contributed by atoms with Crippen LogP contribution in [0.1, 0.15) is 67.7 Å². The lowest BCUT2D eigenvalue weighted by Crippen LogP contribution is -2.59. The van der Waals surface area contributed by atoms with Crippen molar-refractivity contribution in [1.29, 1.82) is 0 Å². The van der Waals surface area contributed by atoms with E-state index < -0.39 is 35.5 Å². The molecule has 0 saturated carbocycles. The van der Waals surface area contributed by atoms with Crippen LogP contribution in [0.3, 0.4) is 0 Å². The first-order valence-electron chi connectivity index (χ1n) is 8.69. The van der Waals surface area contributed by atoms with E-state index in [0.717, 1.165) is 0 Å². The molecule has 8 heteroatoms. The third-order valence-electron chi connectivity index (χ3n) is 5.58. The summed E-state index contributed by atoms with van der Waals surface area (Å²) in [6.07, 6.45) is 0.518. The Morgan fingerprint density at radius 3 is 1.68 bits per heavy atom. The van der Waals surface area contributed by atoms with Gasteiger partial charge in [-0.05, 0) is 39.0 Å². The van der Waals surface area contributed by atoms with Gasteiger partial charge in [-0.15, -0.1) is 0 Å². The van der Waals surface area contributed by atoms with Crippen molar-refractivity contribution in [3.05, 3.63) is 0 Å². The number of hydrogen-bond acceptors (Lipinski definition) is 5. The highest BCUT2D eigenvalue weighted by Gasteiger charge is 2.67. The average molecular weight is 380 g/mol. The molecule has 0 aliphatic rings. The molecule has 0 aliphatic carbocycles. The highest BCUT2D eigenvalue weighted by molar-refractivity contribution is 7.54. The standard InChI is InChI=1S/C17H33O7P/c1-8-17(9-2,15(5,6)12-13(18)23-10-3)16(7,25(20,21)22)14(19)24-11-4/h8-12H2,1-7H3,(H2,20,21,22). The first-order chi connectivity index (χ1) is 11.3. The minimum atomic E-state index is -4.91. The Balaban J connectivity index is 6.46. The van der Waals surface area contributed by atoms with Gasteiger partial charge in [0.1, 0.15) is 0 Å². The monoisotopic (exact) mass is 380 g/mol. The molecule has 0 bridgehead atoms. The predicted octanol–water partition coefficient (Wildman–Crippen LogP) is 3.27. The van der Waals surface area contributed by atoms with Crippen molar-refractivity contribution in [1.82, 2.24) is 0 Å². The first-order valence-corrected chi connectivity index (χ1v) is 10.3. The summed E-state index contributed by atoms with van der Waals surface area (Å²) in [4.78, 5) is 45.0. The molecule has 0 saturated heterocycles. The lowest BCUT2D eigenvalue weighted by atomic mass is 9.54. The van der Waals surface area contributed by atoms with Gasteiger partial charge in [0.25, 0.3) is 0 Å². The fraction of sp³-hybridized carbons (Fsp3) is 0.882. The second-order valence-corrected chi connectivity index (χ2v) is 8.97. The van der Waals surface area contributed by atoms with E-state index in [4.69, 9.17) is 9.47 Å². The normalized spacial score (nSPS) is 15.4. The smallest absolute Gasteiger partial charge is 0.343 e. The number of ether oxygens (including phenoxy) is 2. The maximum atomic E-state index is 12.7. The van der Waals surface area contributed by atoms with Gasteiger partial charge in [-0.25, -0.2) is 0 Å². The minimum absolute atomic E-state index is 0.0102. The number of esters is 2. The summed E-state index contributed by atoms with van der Waals surface area (Å²) in [5.74, 6) is -1.40. The van der Waals surface area contributed by atoms with Crippen LogP contribution in [0.4, 0.5) is 0 Å². The summed E-state index contributed by atoms with van der Waals surface area (Å²) >= 11 is 0. The zero-order valence-corrected chi connectivity index (χ0v) is 17.3. The Labute approximate surface area is 150 Å². The quantitative estimate of drug-likeness (QED) is 0.442. The first kappa shape index (κ1) is 24.1. The molecular weight excluding hydrogens is 347 g/mol. The molecule has 7 nitrogen and oxygen atoms in total. The second-order valence-electron chi connectivity index (χ2n) is 6.99. The van der Waals surface area contributed by atoms with E-state index in [9.17, 15) is 23.9 Å². The number of hydrogen-bond donors (Lipinski definition) is 2. The van der Waals surface area contributed by atoms with Crippen molar-refractivity contribution in [3.8, 4) is 0 Å². The van der Waals surface area contributed by atoms with Gasteiger partial charge in [0.2, 0.25) is 0 Å². The fourth-order valence-corrected chi connectivity index (χ4v) is 5.64. The molecule has 0 heterocycles. The van der Waals surface area contributed by atoms with Crippen LogP contribution in [-0.2, 0) is 23.6 Å². The summed E-state index contributed by atoms with van der Waals surface area (Å²) in [6.45, 7) is 11.8. The lowest BCUT2D eigenvalue weighted by molar-refractivity contribution is -0.160. The predicted molar refractivity (Wildman–Crippen MR) is 95.1 cm³/mol. The van der Waals surface area contributed by atoms with Gasteiger partial charge in [0.15, 0.2) is 5.16 Å². The Morgan fingerprint density at radius 1 is 0.920 bits per heavy atom. The van der Waals surface area contributed by atoms with Crippen LogP contribution in [-0.4, -0.2) is 40.1 Å². The molecule has 2 N–H and O–H groups in total. The van der Waals surface area contributed by atoms with Crippen LogP contribution >= 0.6 is 7.60 Å². The zero-order valence-electron chi connectivity index (χ0n) is 16.4. The summed E-state index contributed by atoms with van der Waals surface area (Å²) in [6, 6.07) is 0. The molecule has 1 unspecified atom stereocenters. The van der Waals surface area contributed by atoms with E-state index in [-0.39, 0.29) is 32.5 Å². The van der Waals surface area contributed by atoms with Gasteiger partial charge in [-0.3, -0.25) is 14.2 Å². The molecule has 0 radical (unpaired) electrons. The molecule has 0 aliphatic heterocycles. The van der Waals surface area contributed by atoms with Gasteiger partial charge in [-0.1, -0.05) is 27.7 Å². The fourth-order valence-electron chi connectivity index (χ4n) is 4.16. The Hall–Kier alpha value is -0.910. The zero-order chi connectivity index (χ0) is 20.1. The maximum Gasteiger partial charge on any atom is 0.343 e. The van der Waals surface area contributed by atoms with Gasteiger partial charge in [0.05, 0.1) is 19.6 Å². The van der Waals surface area contributed by atoms with Gasteiger partial charge in [0, 0.05) is 5.41 Å². The molecule has 0 fully saturated rings. The molecule has 0 amide bonds. The van der Waals surface area contributed by atoms with Gasteiger partial charge >= 0.3 is 19.5 Å². The Morgan fingerprint density at radius 2 is 1.36 bits per heavy atom. The average Bonchev–Trinajstić information content (AvgIpc) is 2.46. The van der Waals surface area contributed by atoms with E-state index in [1.807, 2.05) is 0 Å². The van der Waals surface area contributed by atoms with Crippen molar-refractivity contribution in [2.45, 2.75) is 72.9 Å². The summed E-state index contributed by atoms with van der Waals surface area (Å²) in [7, 11) is -4.91. The molecule has 0 spiro atoms.